The van der Waals surface area contributed by atoms with E-state index in [1.807, 2.05) is 31.2 Å². The maximum atomic E-state index is 12.4. The number of likely N-dealkylation sites (N-methyl/N-ethyl adjacent to an activating group) is 1. The van der Waals surface area contributed by atoms with E-state index in [0.717, 1.165) is 16.9 Å². The number of nitrogens with one attached hydrogen (secondary N) is 2. The summed E-state index contributed by atoms with van der Waals surface area (Å²) in [6.07, 6.45) is 2.29. The zero-order valence-electron chi connectivity index (χ0n) is 15.2. The molecule has 1 fully saturated rings. The summed E-state index contributed by atoms with van der Waals surface area (Å²) in [7, 11) is 0. The molecule has 1 aromatic carbocycles. The van der Waals surface area contributed by atoms with Crippen molar-refractivity contribution < 1.29 is 14.0 Å². The Labute approximate surface area is 153 Å². The van der Waals surface area contributed by atoms with Gasteiger partial charge in [-0.15, -0.1) is 0 Å². The van der Waals surface area contributed by atoms with Crippen molar-refractivity contribution in [1.29, 1.82) is 0 Å². The first kappa shape index (κ1) is 18.2. The first-order chi connectivity index (χ1) is 12.6. The molecule has 3 rings (SSSR count). The van der Waals surface area contributed by atoms with Gasteiger partial charge in [-0.1, -0.05) is 24.3 Å². The summed E-state index contributed by atoms with van der Waals surface area (Å²) in [4.78, 5) is 25.9. The quantitative estimate of drug-likeness (QED) is 0.833. The lowest BCUT2D eigenvalue weighted by Gasteiger charge is -2.23. The second-order valence-electron chi connectivity index (χ2n) is 6.65. The molecule has 1 aromatic heterocycles. The van der Waals surface area contributed by atoms with Crippen LogP contribution in [-0.4, -0.2) is 41.9 Å². The van der Waals surface area contributed by atoms with Gasteiger partial charge in [0.1, 0.15) is 5.76 Å². The molecular weight excluding hydrogens is 330 g/mol. The molecule has 2 heterocycles. The highest BCUT2D eigenvalue weighted by atomic mass is 16.3. The van der Waals surface area contributed by atoms with Gasteiger partial charge in [0, 0.05) is 38.2 Å². The van der Waals surface area contributed by atoms with E-state index in [1.165, 1.54) is 6.92 Å². The predicted octanol–water partition coefficient (Wildman–Crippen LogP) is 2.16. The van der Waals surface area contributed by atoms with Crippen molar-refractivity contribution in [3.05, 3.63) is 48.2 Å². The Morgan fingerprint density at radius 3 is 2.62 bits per heavy atom. The standard InChI is InChI=1S/C20H25N3O3/c1-3-21-20(25)18-11-17(22-14(2)24)13-23(18)12-15-6-8-16(9-7-15)19-5-4-10-26-19/h4-10,17-18H,3,11-13H2,1-2H3,(H,21,25)(H,22,24)/t17-,18-/m0/s1. The van der Waals surface area contributed by atoms with Crippen LogP contribution in [0.1, 0.15) is 25.8 Å². The van der Waals surface area contributed by atoms with Crippen molar-refractivity contribution in [2.45, 2.75) is 38.9 Å². The lowest BCUT2D eigenvalue weighted by Crippen LogP contribution is -2.42. The summed E-state index contributed by atoms with van der Waals surface area (Å²) in [5.41, 5.74) is 2.15. The van der Waals surface area contributed by atoms with Gasteiger partial charge in [-0.25, -0.2) is 0 Å². The summed E-state index contributed by atoms with van der Waals surface area (Å²) in [6.45, 7) is 5.36. The smallest absolute Gasteiger partial charge is 0.237 e. The molecule has 0 radical (unpaired) electrons. The van der Waals surface area contributed by atoms with Gasteiger partial charge in [-0.05, 0) is 31.0 Å². The van der Waals surface area contributed by atoms with Crippen molar-refractivity contribution in [2.75, 3.05) is 13.1 Å². The Balaban J connectivity index is 1.70. The van der Waals surface area contributed by atoms with Crippen LogP contribution in [0.3, 0.4) is 0 Å². The van der Waals surface area contributed by atoms with Crippen LogP contribution in [0.15, 0.2) is 47.1 Å². The monoisotopic (exact) mass is 355 g/mol. The number of hydrogen-bond donors (Lipinski definition) is 2. The number of carbonyl (C=O) groups is 2. The fourth-order valence-corrected chi connectivity index (χ4v) is 3.49. The lowest BCUT2D eigenvalue weighted by atomic mass is 10.1. The highest BCUT2D eigenvalue weighted by Crippen LogP contribution is 2.24. The largest absolute Gasteiger partial charge is 0.464 e. The molecule has 0 saturated carbocycles. The maximum absolute atomic E-state index is 12.4. The van der Waals surface area contributed by atoms with Crippen LogP contribution >= 0.6 is 0 Å². The zero-order chi connectivity index (χ0) is 18.5. The number of carbonyl (C=O) groups excluding carboxylic acids is 2. The van der Waals surface area contributed by atoms with E-state index in [2.05, 4.69) is 27.7 Å². The molecule has 6 nitrogen and oxygen atoms in total. The van der Waals surface area contributed by atoms with Gasteiger partial charge in [0.05, 0.1) is 12.3 Å². The van der Waals surface area contributed by atoms with E-state index < -0.39 is 0 Å². The van der Waals surface area contributed by atoms with Crippen molar-refractivity contribution in [3.63, 3.8) is 0 Å². The molecule has 26 heavy (non-hydrogen) atoms. The van der Waals surface area contributed by atoms with E-state index >= 15 is 0 Å². The SMILES string of the molecule is CCNC(=O)[C@@H]1C[C@H](NC(C)=O)CN1Cc1ccc(-c2ccco2)cc1. The number of nitrogens with zero attached hydrogens (tertiary/aromatic N) is 1. The first-order valence-electron chi connectivity index (χ1n) is 8.98. The summed E-state index contributed by atoms with van der Waals surface area (Å²) < 4.78 is 5.42. The maximum Gasteiger partial charge on any atom is 0.237 e. The fraction of sp³-hybridized carbons (Fsp3) is 0.400. The Morgan fingerprint density at radius 1 is 1.23 bits per heavy atom. The molecule has 0 unspecified atom stereocenters. The number of likely N-dealkylation sites (tertiary alicyclic amines) is 1. The van der Waals surface area contributed by atoms with E-state index in [9.17, 15) is 9.59 Å². The van der Waals surface area contributed by atoms with Gasteiger partial charge in [0.2, 0.25) is 11.8 Å². The average molecular weight is 355 g/mol. The molecule has 2 aromatic rings. The van der Waals surface area contributed by atoms with Gasteiger partial charge in [-0.2, -0.15) is 0 Å². The molecular formula is C20H25N3O3. The summed E-state index contributed by atoms with van der Waals surface area (Å²) >= 11 is 0. The molecule has 2 N–H and O–H groups in total. The third-order valence-electron chi connectivity index (χ3n) is 4.61. The molecule has 138 valence electrons. The van der Waals surface area contributed by atoms with Crippen molar-refractivity contribution in [2.24, 2.45) is 0 Å². The molecule has 0 bridgehead atoms. The number of rotatable bonds is 6. The third kappa shape index (κ3) is 4.32. The first-order valence-corrected chi connectivity index (χ1v) is 8.98. The minimum Gasteiger partial charge on any atom is -0.464 e. The van der Waals surface area contributed by atoms with Gasteiger partial charge in [0.25, 0.3) is 0 Å². The summed E-state index contributed by atoms with van der Waals surface area (Å²) in [6, 6.07) is 11.7. The number of amides is 2. The van der Waals surface area contributed by atoms with Gasteiger partial charge < -0.3 is 15.1 Å². The van der Waals surface area contributed by atoms with E-state index in [-0.39, 0.29) is 23.9 Å². The van der Waals surface area contributed by atoms with Crippen LogP contribution in [-0.2, 0) is 16.1 Å². The van der Waals surface area contributed by atoms with Crippen LogP contribution in [0.5, 0.6) is 0 Å². The lowest BCUT2D eigenvalue weighted by molar-refractivity contribution is -0.125. The second-order valence-corrected chi connectivity index (χ2v) is 6.65. The number of benzene rings is 1. The molecule has 1 saturated heterocycles. The Kier molecular flexibility index (Phi) is 5.73. The molecule has 2 amide bonds. The molecule has 0 aliphatic carbocycles. The normalized spacial score (nSPS) is 20.1. The van der Waals surface area contributed by atoms with Gasteiger partial charge in [0.15, 0.2) is 0 Å². The van der Waals surface area contributed by atoms with E-state index in [1.54, 1.807) is 6.26 Å². The van der Waals surface area contributed by atoms with Crippen LogP contribution in [0.2, 0.25) is 0 Å². The zero-order valence-corrected chi connectivity index (χ0v) is 15.2. The topological polar surface area (TPSA) is 74.6 Å². The second kappa shape index (κ2) is 8.19. The van der Waals surface area contributed by atoms with E-state index in [0.29, 0.717) is 26.1 Å². The summed E-state index contributed by atoms with van der Waals surface area (Å²) in [5, 5.41) is 5.84. The highest BCUT2D eigenvalue weighted by Gasteiger charge is 2.36. The number of furan rings is 1. The van der Waals surface area contributed by atoms with Crippen molar-refractivity contribution >= 4 is 11.8 Å². The number of hydrogen-bond acceptors (Lipinski definition) is 4. The minimum atomic E-state index is -0.225. The Hall–Kier alpha value is -2.60. The van der Waals surface area contributed by atoms with Crippen LogP contribution in [0, 0.1) is 0 Å². The van der Waals surface area contributed by atoms with Crippen LogP contribution in [0.25, 0.3) is 11.3 Å². The predicted molar refractivity (Wildman–Crippen MR) is 99.2 cm³/mol. The van der Waals surface area contributed by atoms with Crippen LogP contribution in [0.4, 0.5) is 0 Å². The van der Waals surface area contributed by atoms with Crippen molar-refractivity contribution in [1.82, 2.24) is 15.5 Å². The van der Waals surface area contributed by atoms with Gasteiger partial charge >= 0.3 is 0 Å². The molecule has 1 aliphatic rings. The molecule has 6 heteroatoms. The minimum absolute atomic E-state index is 0.00231. The fourth-order valence-electron chi connectivity index (χ4n) is 3.49. The van der Waals surface area contributed by atoms with Crippen molar-refractivity contribution in [3.8, 4) is 11.3 Å². The average Bonchev–Trinajstić information content (AvgIpc) is 3.25. The molecule has 2 atom stereocenters. The van der Waals surface area contributed by atoms with Gasteiger partial charge in [-0.3, -0.25) is 14.5 Å². The van der Waals surface area contributed by atoms with Crippen LogP contribution < -0.4 is 10.6 Å². The molecule has 1 aliphatic heterocycles. The highest BCUT2D eigenvalue weighted by molar-refractivity contribution is 5.82. The summed E-state index contributed by atoms with van der Waals surface area (Å²) in [5.74, 6) is 0.797. The Bertz CT molecular complexity index is 740. The third-order valence-corrected chi connectivity index (χ3v) is 4.61. The van der Waals surface area contributed by atoms with E-state index in [4.69, 9.17) is 4.42 Å². The molecule has 0 spiro atoms. The Morgan fingerprint density at radius 2 is 2.00 bits per heavy atom.